The molecule has 2 unspecified atom stereocenters. The summed E-state index contributed by atoms with van der Waals surface area (Å²) in [6, 6.07) is 5.79. The fourth-order valence-corrected chi connectivity index (χ4v) is 5.39. The topological polar surface area (TPSA) is 58.6 Å². The van der Waals surface area contributed by atoms with Gasteiger partial charge in [-0.2, -0.15) is 0 Å². The molecule has 1 amide bonds. The van der Waals surface area contributed by atoms with Crippen LogP contribution in [0.25, 0.3) is 0 Å². The zero-order valence-electron chi connectivity index (χ0n) is 15.1. The van der Waals surface area contributed by atoms with Crippen LogP contribution in [0.5, 0.6) is 5.75 Å². The van der Waals surface area contributed by atoms with E-state index in [1.807, 2.05) is 17.8 Å². The number of nitrogens with one attached hydrogen (secondary N) is 1. The van der Waals surface area contributed by atoms with Crippen LogP contribution in [0.2, 0.25) is 0 Å². The van der Waals surface area contributed by atoms with Gasteiger partial charge in [0.1, 0.15) is 11.4 Å². The molecule has 1 aromatic rings. The van der Waals surface area contributed by atoms with Crippen molar-refractivity contribution in [1.82, 2.24) is 0 Å². The van der Waals surface area contributed by atoms with E-state index in [9.17, 15) is 4.79 Å². The van der Waals surface area contributed by atoms with Crippen molar-refractivity contribution in [2.45, 2.75) is 75.9 Å². The van der Waals surface area contributed by atoms with Crippen molar-refractivity contribution in [3.63, 3.8) is 0 Å². The minimum Gasteiger partial charge on any atom is -0.483 e. The van der Waals surface area contributed by atoms with E-state index in [1.54, 1.807) is 6.07 Å². The van der Waals surface area contributed by atoms with E-state index in [2.05, 4.69) is 39.1 Å². The fourth-order valence-electron chi connectivity index (χ4n) is 3.47. The van der Waals surface area contributed by atoms with Crippen LogP contribution in [0, 0.1) is 0 Å². The molecule has 4 nitrogen and oxygen atoms in total. The Labute approximate surface area is 149 Å². The summed E-state index contributed by atoms with van der Waals surface area (Å²) in [7, 11) is 0. The van der Waals surface area contributed by atoms with Crippen LogP contribution < -0.4 is 10.1 Å². The summed E-state index contributed by atoms with van der Waals surface area (Å²) in [4.78, 5) is 11.1. The third kappa shape index (κ3) is 3.66. The number of benzene rings is 1. The Morgan fingerprint density at radius 1 is 1.33 bits per heavy atom. The van der Waals surface area contributed by atoms with Crippen molar-refractivity contribution in [2.24, 2.45) is 0 Å². The van der Waals surface area contributed by atoms with Crippen LogP contribution in [0.3, 0.4) is 0 Å². The van der Waals surface area contributed by atoms with Crippen molar-refractivity contribution in [1.29, 1.82) is 0 Å². The Kier molecular flexibility index (Phi) is 6.44. The number of hydrogen-bond acceptors (Lipinski definition) is 3. The summed E-state index contributed by atoms with van der Waals surface area (Å²) in [6.45, 7) is 8.79. The van der Waals surface area contributed by atoms with E-state index in [1.165, 1.54) is 12.8 Å². The number of carboxylic acid groups (broad SMARTS) is 1. The quantitative estimate of drug-likeness (QED) is 0.596. The van der Waals surface area contributed by atoms with Crippen LogP contribution in [0.15, 0.2) is 18.2 Å². The molecule has 0 aromatic heterocycles. The lowest BCUT2D eigenvalue weighted by atomic mass is 9.91. The molecular weight excluding hydrogens is 322 g/mol. The molecule has 2 atom stereocenters. The van der Waals surface area contributed by atoms with Gasteiger partial charge in [-0.05, 0) is 31.7 Å². The third-order valence-electron chi connectivity index (χ3n) is 4.94. The second-order valence-electron chi connectivity index (χ2n) is 6.36. The molecule has 0 bridgehead atoms. The van der Waals surface area contributed by atoms with Gasteiger partial charge in [0.05, 0.1) is 10.9 Å². The first kappa shape index (κ1) is 19.0. The van der Waals surface area contributed by atoms with E-state index in [-0.39, 0.29) is 10.9 Å². The van der Waals surface area contributed by atoms with Crippen LogP contribution in [0.1, 0.15) is 70.6 Å². The normalized spacial score (nSPS) is 19.4. The second kappa shape index (κ2) is 8.15. The van der Waals surface area contributed by atoms with Crippen LogP contribution in [-0.4, -0.2) is 22.1 Å². The highest BCUT2D eigenvalue weighted by molar-refractivity contribution is 8.00. The van der Waals surface area contributed by atoms with Gasteiger partial charge in [-0.25, -0.2) is 4.79 Å². The molecule has 2 N–H and O–H groups in total. The Morgan fingerprint density at radius 2 is 2.04 bits per heavy atom. The molecule has 5 heteroatoms. The highest BCUT2D eigenvalue weighted by Crippen LogP contribution is 2.57. The van der Waals surface area contributed by atoms with Crippen LogP contribution in [0.4, 0.5) is 10.5 Å². The predicted molar refractivity (Wildman–Crippen MR) is 101 cm³/mol. The first-order chi connectivity index (χ1) is 11.5. The summed E-state index contributed by atoms with van der Waals surface area (Å²) in [6.07, 6.45) is 4.28. The predicted octanol–water partition coefficient (Wildman–Crippen LogP) is 6.08. The number of ether oxygens (including phenoxy) is 1. The second-order valence-corrected chi connectivity index (χ2v) is 7.77. The van der Waals surface area contributed by atoms with Crippen LogP contribution >= 0.6 is 11.8 Å². The molecule has 0 fully saturated rings. The summed E-state index contributed by atoms with van der Waals surface area (Å²) < 4.78 is 6.41. The number of para-hydroxylation sites is 1. The van der Waals surface area contributed by atoms with Crippen molar-refractivity contribution in [3.05, 3.63) is 23.8 Å². The standard InChI is InChI=1S/C19H29NO3S/c1-5-10-13(6-2)24-17-14-11-9-12-15(20-18(21)22)16(14)23-19(17,7-3)8-4/h9,11-13,17,20H,5-8,10H2,1-4H3,(H,21,22). The minimum atomic E-state index is -1.06. The minimum absolute atomic E-state index is 0.245. The smallest absolute Gasteiger partial charge is 0.409 e. The van der Waals surface area contributed by atoms with Gasteiger partial charge in [0.25, 0.3) is 0 Å². The van der Waals surface area contributed by atoms with Gasteiger partial charge in [-0.3, -0.25) is 5.32 Å². The first-order valence-electron chi connectivity index (χ1n) is 8.98. The molecule has 24 heavy (non-hydrogen) atoms. The van der Waals surface area contributed by atoms with Crippen molar-refractivity contribution in [2.75, 3.05) is 5.32 Å². The highest BCUT2D eigenvalue weighted by atomic mass is 32.2. The van der Waals surface area contributed by atoms with E-state index in [4.69, 9.17) is 9.84 Å². The van der Waals surface area contributed by atoms with Gasteiger partial charge in [0, 0.05) is 10.8 Å². The molecule has 1 heterocycles. The molecule has 1 aliphatic rings. The molecule has 1 aromatic carbocycles. The van der Waals surface area contributed by atoms with Gasteiger partial charge in [-0.15, -0.1) is 11.8 Å². The van der Waals surface area contributed by atoms with Gasteiger partial charge < -0.3 is 9.84 Å². The largest absolute Gasteiger partial charge is 0.483 e. The van der Waals surface area contributed by atoms with Crippen LogP contribution in [-0.2, 0) is 0 Å². The maximum Gasteiger partial charge on any atom is 0.409 e. The zero-order chi connectivity index (χ0) is 17.7. The lowest BCUT2D eigenvalue weighted by Gasteiger charge is -2.34. The Bertz CT molecular complexity index is 572. The Balaban J connectivity index is 2.42. The number of thioether (sulfide) groups is 1. The van der Waals surface area contributed by atoms with E-state index >= 15 is 0 Å². The molecule has 0 saturated heterocycles. The molecule has 0 aliphatic carbocycles. The SMILES string of the molecule is CCCC(CC)SC1c2cccc(NC(=O)O)c2OC1(CC)CC. The lowest BCUT2D eigenvalue weighted by Crippen LogP contribution is -2.36. The average Bonchev–Trinajstić information content (AvgIpc) is 2.89. The van der Waals surface area contributed by atoms with E-state index < -0.39 is 6.09 Å². The average molecular weight is 352 g/mol. The molecular formula is C19H29NO3S. The number of carbonyl (C=O) groups is 1. The maximum absolute atomic E-state index is 11.1. The Hall–Kier alpha value is -1.36. The third-order valence-corrected chi connectivity index (χ3v) is 6.85. The van der Waals surface area contributed by atoms with Gasteiger partial charge in [-0.1, -0.05) is 46.2 Å². The molecule has 134 valence electrons. The van der Waals surface area contributed by atoms with Gasteiger partial charge >= 0.3 is 6.09 Å². The number of anilines is 1. The summed E-state index contributed by atoms with van der Waals surface area (Å²) in [5.41, 5.74) is 1.42. The van der Waals surface area contributed by atoms with Crippen molar-refractivity contribution in [3.8, 4) is 5.75 Å². The molecule has 0 spiro atoms. The number of hydrogen-bond donors (Lipinski definition) is 2. The molecule has 2 rings (SSSR count). The zero-order valence-corrected chi connectivity index (χ0v) is 15.9. The Morgan fingerprint density at radius 3 is 2.58 bits per heavy atom. The number of amides is 1. The van der Waals surface area contributed by atoms with Gasteiger partial charge in [0.15, 0.2) is 0 Å². The first-order valence-corrected chi connectivity index (χ1v) is 9.92. The lowest BCUT2D eigenvalue weighted by molar-refractivity contribution is 0.0833. The van der Waals surface area contributed by atoms with Gasteiger partial charge in [0.2, 0.25) is 0 Å². The summed E-state index contributed by atoms with van der Waals surface area (Å²) in [5.74, 6) is 0.715. The molecule has 1 aliphatic heterocycles. The van der Waals surface area contributed by atoms with E-state index in [0.717, 1.165) is 24.8 Å². The monoisotopic (exact) mass is 351 g/mol. The number of fused-ring (bicyclic) bond motifs is 1. The molecule has 0 radical (unpaired) electrons. The van der Waals surface area contributed by atoms with Crippen molar-refractivity contribution >= 4 is 23.5 Å². The van der Waals surface area contributed by atoms with E-state index in [0.29, 0.717) is 16.7 Å². The number of rotatable bonds is 8. The summed E-state index contributed by atoms with van der Waals surface area (Å²) in [5, 5.41) is 12.4. The van der Waals surface area contributed by atoms with Crippen molar-refractivity contribution < 1.29 is 14.6 Å². The molecule has 0 saturated carbocycles. The highest BCUT2D eigenvalue weighted by Gasteiger charge is 2.48. The maximum atomic E-state index is 11.1. The summed E-state index contributed by atoms with van der Waals surface area (Å²) >= 11 is 2.00. The fraction of sp³-hybridized carbons (Fsp3) is 0.632.